The molecule has 2 N–H and O–H groups in total. The summed E-state index contributed by atoms with van der Waals surface area (Å²) >= 11 is 0. The van der Waals surface area contributed by atoms with Gasteiger partial charge in [0.15, 0.2) is 0 Å². The van der Waals surface area contributed by atoms with Gasteiger partial charge in [-0.25, -0.2) is 4.99 Å². The van der Waals surface area contributed by atoms with Crippen LogP contribution in [0.5, 0.6) is 0 Å². The van der Waals surface area contributed by atoms with Crippen LogP contribution in [0.25, 0.3) is 21.8 Å². The number of aromatic nitrogens is 1. The second kappa shape index (κ2) is 9.93. The van der Waals surface area contributed by atoms with Crippen molar-refractivity contribution < 1.29 is 0 Å². The van der Waals surface area contributed by atoms with E-state index in [4.69, 9.17) is 10.7 Å². The molecule has 1 heterocycles. The molecule has 1 aromatic heterocycles. The smallest absolute Gasteiger partial charge is 0.130 e. The van der Waals surface area contributed by atoms with Crippen molar-refractivity contribution in [2.24, 2.45) is 10.7 Å². The SMILES string of the molecule is C=C(/C=C\C)C(N)=NC1=CCCC=C1Cn1c2ccccc2c2ccccc21.CC. The Morgan fingerprint density at radius 3 is 2.17 bits per heavy atom. The molecule has 3 aromatic rings. The summed E-state index contributed by atoms with van der Waals surface area (Å²) < 4.78 is 2.38. The van der Waals surface area contributed by atoms with Gasteiger partial charge in [0.25, 0.3) is 0 Å². The van der Waals surface area contributed by atoms with E-state index in [1.165, 1.54) is 27.4 Å². The van der Waals surface area contributed by atoms with Crippen LogP contribution in [0.1, 0.15) is 33.6 Å². The first-order chi connectivity index (χ1) is 14.7. The van der Waals surface area contributed by atoms with Gasteiger partial charge >= 0.3 is 0 Å². The Morgan fingerprint density at radius 1 is 1.00 bits per heavy atom. The van der Waals surface area contributed by atoms with Crippen molar-refractivity contribution in [3.05, 3.63) is 96.3 Å². The average Bonchev–Trinajstić information content (AvgIpc) is 3.10. The Bertz CT molecular complexity index is 1120. The molecule has 3 nitrogen and oxygen atoms in total. The van der Waals surface area contributed by atoms with E-state index in [1.807, 2.05) is 32.9 Å². The molecule has 0 saturated carbocycles. The first-order valence-corrected chi connectivity index (χ1v) is 10.7. The molecule has 2 aromatic carbocycles. The number of hydrogen-bond donors (Lipinski definition) is 1. The van der Waals surface area contributed by atoms with Crippen LogP contribution in [0.4, 0.5) is 0 Å². The zero-order valence-corrected chi connectivity index (χ0v) is 18.2. The van der Waals surface area contributed by atoms with Crippen LogP contribution in [-0.2, 0) is 6.54 Å². The second-order valence-electron chi connectivity index (χ2n) is 7.04. The van der Waals surface area contributed by atoms with Gasteiger partial charge in [0.1, 0.15) is 5.84 Å². The molecule has 4 rings (SSSR count). The first-order valence-electron chi connectivity index (χ1n) is 10.7. The van der Waals surface area contributed by atoms with Crippen LogP contribution in [0.3, 0.4) is 0 Å². The second-order valence-corrected chi connectivity index (χ2v) is 7.04. The van der Waals surface area contributed by atoms with E-state index in [0.717, 1.165) is 30.7 Å². The van der Waals surface area contributed by atoms with E-state index < -0.39 is 0 Å². The maximum absolute atomic E-state index is 6.18. The Kier molecular flexibility index (Phi) is 7.08. The highest BCUT2D eigenvalue weighted by Crippen LogP contribution is 2.31. The molecule has 0 amide bonds. The van der Waals surface area contributed by atoms with Gasteiger partial charge in [0.2, 0.25) is 0 Å². The Morgan fingerprint density at radius 2 is 1.57 bits per heavy atom. The summed E-state index contributed by atoms with van der Waals surface area (Å²) in [7, 11) is 0. The maximum Gasteiger partial charge on any atom is 0.130 e. The van der Waals surface area contributed by atoms with Crippen LogP contribution in [0.2, 0.25) is 0 Å². The monoisotopic (exact) mass is 397 g/mol. The highest BCUT2D eigenvalue weighted by Gasteiger charge is 2.15. The predicted molar refractivity (Wildman–Crippen MR) is 132 cm³/mol. The lowest BCUT2D eigenvalue weighted by Gasteiger charge is -2.16. The molecule has 0 atom stereocenters. The Labute approximate surface area is 179 Å². The quantitative estimate of drug-likeness (QED) is 0.283. The predicted octanol–water partition coefficient (Wildman–Crippen LogP) is 6.91. The summed E-state index contributed by atoms with van der Waals surface area (Å²) in [5.41, 5.74) is 11.6. The number of rotatable bonds is 5. The Hall–Kier alpha value is -3.33. The van der Waals surface area contributed by atoms with Crippen LogP contribution in [0, 0.1) is 0 Å². The summed E-state index contributed by atoms with van der Waals surface area (Å²) in [5.74, 6) is 0.472. The lowest BCUT2D eigenvalue weighted by Crippen LogP contribution is -2.15. The third-order valence-corrected chi connectivity index (χ3v) is 5.17. The molecule has 154 valence electrons. The molecule has 0 unspecified atom stereocenters. The van der Waals surface area contributed by atoms with Gasteiger partial charge in [-0.2, -0.15) is 0 Å². The lowest BCUT2D eigenvalue weighted by atomic mass is 10.0. The number of amidine groups is 1. The van der Waals surface area contributed by atoms with Crippen molar-refractivity contribution in [3.63, 3.8) is 0 Å². The summed E-state index contributed by atoms with van der Waals surface area (Å²) in [6.45, 7) is 10.7. The zero-order valence-electron chi connectivity index (χ0n) is 18.2. The van der Waals surface area contributed by atoms with Crippen LogP contribution in [0.15, 0.2) is 101 Å². The van der Waals surface area contributed by atoms with Crippen molar-refractivity contribution in [1.82, 2.24) is 4.57 Å². The number of allylic oxidation sites excluding steroid dienone is 4. The van der Waals surface area contributed by atoms with Gasteiger partial charge < -0.3 is 10.3 Å². The number of aliphatic imine (C=N–C) groups is 1. The van der Waals surface area contributed by atoms with Crippen LogP contribution < -0.4 is 5.73 Å². The molecule has 0 aliphatic heterocycles. The minimum Gasteiger partial charge on any atom is -0.383 e. The van der Waals surface area contributed by atoms with Crippen LogP contribution >= 0.6 is 0 Å². The van der Waals surface area contributed by atoms with Gasteiger partial charge in [0, 0.05) is 33.9 Å². The summed E-state index contributed by atoms with van der Waals surface area (Å²) in [6, 6.07) is 17.2. The third kappa shape index (κ3) is 4.30. The lowest BCUT2D eigenvalue weighted by molar-refractivity contribution is 0.825. The maximum atomic E-state index is 6.18. The molecule has 1 aliphatic carbocycles. The number of nitrogens with zero attached hydrogens (tertiary/aromatic N) is 2. The van der Waals surface area contributed by atoms with E-state index in [0.29, 0.717) is 5.84 Å². The van der Waals surface area contributed by atoms with E-state index in [9.17, 15) is 0 Å². The number of benzene rings is 2. The molecule has 0 spiro atoms. The molecule has 0 saturated heterocycles. The molecule has 3 heteroatoms. The van der Waals surface area contributed by atoms with Gasteiger partial charge in [-0.1, -0.05) is 81.1 Å². The van der Waals surface area contributed by atoms with Gasteiger partial charge in [-0.15, -0.1) is 0 Å². The number of hydrogen-bond acceptors (Lipinski definition) is 1. The molecular formula is C27H31N3. The van der Waals surface area contributed by atoms with Crippen molar-refractivity contribution in [2.45, 2.75) is 40.2 Å². The van der Waals surface area contributed by atoms with Crippen LogP contribution in [-0.4, -0.2) is 10.4 Å². The van der Waals surface area contributed by atoms with Crippen molar-refractivity contribution >= 4 is 27.6 Å². The summed E-state index contributed by atoms with van der Waals surface area (Å²) in [6.07, 6.45) is 10.3. The number of fused-ring (bicyclic) bond motifs is 3. The topological polar surface area (TPSA) is 43.3 Å². The molecule has 30 heavy (non-hydrogen) atoms. The van der Waals surface area contributed by atoms with E-state index in [1.54, 1.807) is 0 Å². The fraction of sp³-hybridized carbons (Fsp3) is 0.222. The highest BCUT2D eigenvalue weighted by atomic mass is 15.0. The Balaban J connectivity index is 0.00000124. The molecule has 0 radical (unpaired) electrons. The van der Waals surface area contributed by atoms with Crippen molar-refractivity contribution in [3.8, 4) is 0 Å². The minimum atomic E-state index is 0.472. The highest BCUT2D eigenvalue weighted by molar-refractivity contribution is 6.08. The fourth-order valence-electron chi connectivity index (χ4n) is 3.81. The average molecular weight is 398 g/mol. The molecule has 1 aliphatic rings. The minimum absolute atomic E-state index is 0.472. The molecule has 0 bridgehead atoms. The standard InChI is InChI=1S/C25H25N3.C2H6/c1-3-10-18(2)25(26)27-22-14-7-4-11-19(22)17-28-23-15-8-5-12-20(23)21-13-6-9-16-24(21)28;1-2/h3,5-6,8-16H,2,4,7,17H2,1H3,(H2,26,27);1-2H3/b10-3-;. The third-order valence-electron chi connectivity index (χ3n) is 5.17. The van der Waals surface area contributed by atoms with Crippen molar-refractivity contribution in [1.29, 1.82) is 0 Å². The largest absolute Gasteiger partial charge is 0.383 e. The summed E-state index contributed by atoms with van der Waals surface area (Å²) in [5, 5.41) is 2.56. The van der Waals surface area contributed by atoms with Gasteiger partial charge in [-0.3, -0.25) is 0 Å². The fourth-order valence-corrected chi connectivity index (χ4v) is 3.81. The molecule has 0 fully saturated rings. The number of para-hydroxylation sites is 2. The zero-order chi connectivity index (χ0) is 21.5. The summed E-state index contributed by atoms with van der Waals surface area (Å²) in [4.78, 5) is 4.70. The molecular weight excluding hydrogens is 366 g/mol. The van der Waals surface area contributed by atoms with Gasteiger partial charge in [-0.05, 0) is 37.5 Å². The van der Waals surface area contributed by atoms with E-state index in [-0.39, 0.29) is 0 Å². The first kappa shape index (κ1) is 21.4. The van der Waals surface area contributed by atoms with Crippen molar-refractivity contribution in [2.75, 3.05) is 0 Å². The van der Waals surface area contributed by atoms with E-state index >= 15 is 0 Å². The number of nitrogens with two attached hydrogens (primary N) is 1. The van der Waals surface area contributed by atoms with Gasteiger partial charge in [0.05, 0.1) is 5.70 Å². The normalized spacial score (nSPS) is 14.4. The van der Waals surface area contributed by atoms with E-state index in [2.05, 4.69) is 71.8 Å².